The Morgan fingerprint density at radius 3 is 2.67 bits per heavy atom. The zero-order valence-corrected chi connectivity index (χ0v) is 13.4. The smallest absolute Gasteiger partial charge is 0.323 e. The Labute approximate surface area is 136 Å². The predicted molar refractivity (Wildman–Crippen MR) is 89.0 cm³/mol. The molecule has 0 atom stereocenters. The van der Waals surface area contributed by atoms with E-state index >= 15 is 0 Å². The first-order valence-corrected chi connectivity index (χ1v) is 7.48. The summed E-state index contributed by atoms with van der Waals surface area (Å²) in [4.78, 5) is 12.0. The lowest BCUT2D eigenvalue weighted by Crippen LogP contribution is -2.20. The second kappa shape index (κ2) is 7.45. The molecule has 6 heteroatoms. The number of amides is 2. The van der Waals surface area contributed by atoms with E-state index < -0.39 is 0 Å². The minimum absolute atomic E-state index is 0.0293. The number of hydrogen-bond donors (Lipinski definition) is 3. The molecule has 0 aromatic heterocycles. The third-order valence-corrected chi connectivity index (χ3v) is 3.44. The molecule has 110 valence electrons. The molecular formula is C15H14BrClN2O2. The van der Waals surface area contributed by atoms with Crippen molar-refractivity contribution in [3.05, 3.63) is 57.5 Å². The SMILES string of the molecule is O=C(Nc1cc(Cl)cc(Br)c1)Nc1ccccc1CCO. The van der Waals surface area contributed by atoms with E-state index in [0.29, 0.717) is 22.8 Å². The molecule has 3 N–H and O–H groups in total. The molecule has 21 heavy (non-hydrogen) atoms. The van der Waals surface area contributed by atoms with Crippen LogP contribution in [0.3, 0.4) is 0 Å². The second-order valence-electron chi connectivity index (χ2n) is 4.37. The average Bonchev–Trinajstić information content (AvgIpc) is 2.40. The van der Waals surface area contributed by atoms with Crippen LogP contribution in [0, 0.1) is 0 Å². The lowest BCUT2D eigenvalue weighted by atomic mass is 10.1. The number of urea groups is 1. The highest BCUT2D eigenvalue weighted by Crippen LogP contribution is 2.23. The Balaban J connectivity index is 2.08. The first kappa shape index (κ1) is 15.8. The van der Waals surface area contributed by atoms with Crippen molar-refractivity contribution < 1.29 is 9.90 Å². The quantitative estimate of drug-likeness (QED) is 0.753. The van der Waals surface area contributed by atoms with E-state index in [9.17, 15) is 4.79 Å². The molecule has 2 aromatic carbocycles. The standard InChI is InChI=1S/C15H14BrClN2O2/c16-11-7-12(17)9-13(8-11)18-15(21)19-14-4-2-1-3-10(14)5-6-20/h1-4,7-9,20H,5-6H2,(H2,18,19,21). The van der Waals surface area contributed by atoms with Crippen molar-refractivity contribution in [2.24, 2.45) is 0 Å². The molecule has 4 nitrogen and oxygen atoms in total. The van der Waals surface area contributed by atoms with E-state index in [-0.39, 0.29) is 12.6 Å². The maximum Gasteiger partial charge on any atom is 0.323 e. The minimum Gasteiger partial charge on any atom is -0.396 e. The average molecular weight is 370 g/mol. The molecular weight excluding hydrogens is 356 g/mol. The van der Waals surface area contributed by atoms with Crippen LogP contribution in [0.1, 0.15) is 5.56 Å². The molecule has 0 spiro atoms. The summed E-state index contributed by atoms with van der Waals surface area (Å²) in [6.07, 6.45) is 0.485. The maximum absolute atomic E-state index is 12.0. The summed E-state index contributed by atoms with van der Waals surface area (Å²) < 4.78 is 0.783. The molecule has 0 radical (unpaired) electrons. The second-order valence-corrected chi connectivity index (χ2v) is 5.72. The number of carbonyl (C=O) groups is 1. The number of rotatable bonds is 4. The van der Waals surface area contributed by atoms with Gasteiger partial charge in [-0.3, -0.25) is 0 Å². The highest BCUT2D eigenvalue weighted by molar-refractivity contribution is 9.10. The van der Waals surface area contributed by atoms with E-state index in [1.807, 2.05) is 18.2 Å². The van der Waals surface area contributed by atoms with Crippen LogP contribution in [0.5, 0.6) is 0 Å². The number of aliphatic hydroxyl groups excluding tert-OH is 1. The van der Waals surface area contributed by atoms with Gasteiger partial charge in [-0.2, -0.15) is 0 Å². The van der Waals surface area contributed by atoms with Crippen molar-refractivity contribution in [3.8, 4) is 0 Å². The van der Waals surface area contributed by atoms with Gasteiger partial charge in [0.15, 0.2) is 0 Å². The van der Waals surface area contributed by atoms with Gasteiger partial charge >= 0.3 is 6.03 Å². The zero-order chi connectivity index (χ0) is 15.2. The van der Waals surface area contributed by atoms with E-state index in [4.69, 9.17) is 16.7 Å². The van der Waals surface area contributed by atoms with Crippen LogP contribution in [0.15, 0.2) is 46.9 Å². The molecule has 0 heterocycles. The molecule has 0 bridgehead atoms. The van der Waals surface area contributed by atoms with Crippen molar-refractivity contribution in [2.45, 2.75) is 6.42 Å². The van der Waals surface area contributed by atoms with Gasteiger partial charge in [0, 0.05) is 27.5 Å². The highest BCUT2D eigenvalue weighted by Gasteiger charge is 2.07. The van der Waals surface area contributed by atoms with Gasteiger partial charge in [-0.1, -0.05) is 45.7 Å². The summed E-state index contributed by atoms with van der Waals surface area (Å²) in [7, 11) is 0. The molecule has 0 saturated heterocycles. The lowest BCUT2D eigenvalue weighted by molar-refractivity contribution is 0.262. The first-order valence-electron chi connectivity index (χ1n) is 6.31. The number of halogens is 2. The van der Waals surface area contributed by atoms with E-state index in [0.717, 1.165) is 10.0 Å². The number of carbonyl (C=O) groups excluding carboxylic acids is 1. The molecule has 0 fully saturated rings. The summed E-state index contributed by atoms with van der Waals surface area (Å²) in [6, 6.07) is 12.1. The van der Waals surface area contributed by atoms with Crippen LogP contribution in [0.2, 0.25) is 5.02 Å². The summed E-state index contributed by atoms with van der Waals surface area (Å²) in [6.45, 7) is 0.0293. The van der Waals surface area contributed by atoms with Gasteiger partial charge in [-0.25, -0.2) is 4.79 Å². The summed E-state index contributed by atoms with van der Waals surface area (Å²) in [5.41, 5.74) is 2.14. The molecule has 2 amide bonds. The molecule has 0 aliphatic heterocycles. The van der Waals surface area contributed by atoms with Crippen molar-refractivity contribution in [3.63, 3.8) is 0 Å². The number of benzene rings is 2. The Kier molecular flexibility index (Phi) is 5.61. The number of nitrogens with one attached hydrogen (secondary N) is 2. The number of aliphatic hydroxyl groups is 1. The largest absolute Gasteiger partial charge is 0.396 e. The normalized spacial score (nSPS) is 10.2. The van der Waals surface area contributed by atoms with E-state index in [1.54, 1.807) is 24.3 Å². The van der Waals surface area contributed by atoms with Gasteiger partial charge in [0.05, 0.1) is 0 Å². The fourth-order valence-corrected chi connectivity index (χ4v) is 2.75. The summed E-state index contributed by atoms with van der Waals surface area (Å²) in [5.74, 6) is 0. The van der Waals surface area contributed by atoms with Crippen LogP contribution >= 0.6 is 27.5 Å². The molecule has 0 aliphatic carbocycles. The molecule has 2 aromatic rings. The van der Waals surface area contributed by atoms with Gasteiger partial charge in [0.25, 0.3) is 0 Å². The molecule has 0 saturated carbocycles. The third kappa shape index (κ3) is 4.74. The van der Waals surface area contributed by atoms with E-state index in [2.05, 4.69) is 26.6 Å². The number of hydrogen-bond acceptors (Lipinski definition) is 2. The van der Waals surface area contributed by atoms with Crippen LogP contribution in [0.4, 0.5) is 16.2 Å². The maximum atomic E-state index is 12.0. The Hall–Kier alpha value is -1.56. The highest BCUT2D eigenvalue weighted by atomic mass is 79.9. The predicted octanol–water partition coefficient (Wildman–Crippen LogP) is 4.28. The lowest BCUT2D eigenvalue weighted by Gasteiger charge is -2.11. The minimum atomic E-state index is -0.366. The van der Waals surface area contributed by atoms with Gasteiger partial charge in [0.1, 0.15) is 0 Å². The van der Waals surface area contributed by atoms with Gasteiger partial charge in [-0.15, -0.1) is 0 Å². The Bertz CT molecular complexity index is 629. The Morgan fingerprint density at radius 2 is 1.95 bits per heavy atom. The van der Waals surface area contributed by atoms with Gasteiger partial charge < -0.3 is 15.7 Å². The van der Waals surface area contributed by atoms with Crippen molar-refractivity contribution in [2.75, 3.05) is 17.2 Å². The zero-order valence-electron chi connectivity index (χ0n) is 11.1. The fourth-order valence-electron chi connectivity index (χ4n) is 1.89. The van der Waals surface area contributed by atoms with Gasteiger partial charge in [0.2, 0.25) is 0 Å². The first-order chi connectivity index (χ1) is 10.1. The van der Waals surface area contributed by atoms with Crippen LogP contribution in [-0.4, -0.2) is 17.7 Å². The van der Waals surface area contributed by atoms with Gasteiger partial charge in [-0.05, 0) is 36.2 Å². The van der Waals surface area contributed by atoms with Crippen LogP contribution in [-0.2, 0) is 6.42 Å². The monoisotopic (exact) mass is 368 g/mol. The number of anilines is 2. The molecule has 0 unspecified atom stereocenters. The van der Waals surface area contributed by atoms with Crippen LogP contribution in [0.25, 0.3) is 0 Å². The fraction of sp³-hybridized carbons (Fsp3) is 0.133. The van der Waals surface area contributed by atoms with E-state index in [1.165, 1.54) is 0 Å². The number of para-hydroxylation sites is 1. The van der Waals surface area contributed by atoms with Crippen molar-refractivity contribution in [1.82, 2.24) is 0 Å². The van der Waals surface area contributed by atoms with Crippen molar-refractivity contribution >= 4 is 44.9 Å². The Morgan fingerprint density at radius 1 is 1.19 bits per heavy atom. The molecule has 2 rings (SSSR count). The molecule has 0 aliphatic rings. The topological polar surface area (TPSA) is 61.4 Å². The van der Waals surface area contributed by atoms with Crippen LogP contribution < -0.4 is 10.6 Å². The van der Waals surface area contributed by atoms with Crippen molar-refractivity contribution in [1.29, 1.82) is 0 Å². The summed E-state index contributed by atoms with van der Waals surface area (Å²) in [5, 5.41) is 15.0. The third-order valence-electron chi connectivity index (χ3n) is 2.77. The summed E-state index contributed by atoms with van der Waals surface area (Å²) >= 11 is 9.25.